The number of carboxylic acids is 1. The third-order valence-electron chi connectivity index (χ3n) is 2.29. The second-order valence-corrected chi connectivity index (χ2v) is 3.60. The molecule has 1 amide bonds. The summed E-state index contributed by atoms with van der Waals surface area (Å²) in [5.74, 6) is -0.953. The molecule has 1 aromatic carbocycles. The first-order valence-electron chi connectivity index (χ1n) is 5.18. The van der Waals surface area contributed by atoms with E-state index in [0.717, 1.165) is 5.56 Å². The fraction of sp³-hybridized carbons (Fsp3) is 0.333. The summed E-state index contributed by atoms with van der Waals surface area (Å²) in [6, 6.07) is 7.22. The number of carboxylic acid groups (broad SMARTS) is 1. The van der Waals surface area contributed by atoms with E-state index in [2.05, 4.69) is 4.74 Å². The highest BCUT2D eigenvalue weighted by atomic mass is 16.5. The highest BCUT2D eigenvalue weighted by molar-refractivity contribution is 5.88. The van der Waals surface area contributed by atoms with Gasteiger partial charge in [-0.05, 0) is 19.1 Å². The first-order chi connectivity index (χ1) is 8.04. The summed E-state index contributed by atoms with van der Waals surface area (Å²) < 4.78 is 4.62. The highest BCUT2D eigenvalue weighted by Gasteiger charge is 2.16. The molecule has 0 saturated heterocycles. The SMILES string of the molecule is COC(=O)N(CCC(=O)O)c1ccc(C)cc1. The van der Waals surface area contributed by atoms with Gasteiger partial charge in [-0.25, -0.2) is 4.79 Å². The third kappa shape index (κ3) is 3.79. The Morgan fingerprint density at radius 3 is 2.35 bits per heavy atom. The van der Waals surface area contributed by atoms with E-state index in [9.17, 15) is 9.59 Å². The maximum atomic E-state index is 11.5. The number of rotatable bonds is 4. The van der Waals surface area contributed by atoms with Gasteiger partial charge in [0.1, 0.15) is 0 Å². The topological polar surface area (TPSA) is 66.8 Å². The van der Waals surface area contributed by atoms with E-state index >= 15 is 0 Å². The highest BCUT2D eigenvalue weighted by Crippen LogP contribution is 2.16. The third-order valence-corrected chi connectivity index (χ3v) is 2.29. The van der Waals surface area contributed by atoms with Crippen LogP contribution >= 0.6 is 0 Å². The Hall–Kier alpha value is -2.04. The van der Waals surface area contributed by atoms with Crippen LogP contribution in [0.15, 0.2) is 24.3 Å². The van der Waals surface area contributed by atoms with Crippen LogP contribution in [0.1, 0.15) is 12.0 Å². The zero-order chi connectivity index (χ0) is 12.8. The molecule has 92 valence electrons. The molecule has 0 radical (unpaired) electrons. The maximum Gasteiger partial charge on any atom is 0.414 e. The number of ether oxygens (including phenoxy) is 1. The summed E-state index contributed by atoms with van der Waals surface area (Å²) in [5, 5.41) is 8.63. The Labute approximate surface area is 99.6 Å². The van der Waals surface area contributed by atoms with E-state index in [1.165, 1.54) is 12.0 Å². The standard InChI is InChI=1S/C12H15NO4/c1-9-3-5-10(6-4-9)13(12(16)17-2)8-7-11(14)15/h3-6H,7-8H2,1-2H3,(H,14,15). The van der Waals surface area contributed by atoms with Crippen molar-refractivity contribution in [3.05, 3.63) is 29.8 Å². The molecule has 0 bridgehead atoms. The predicted molar refractivity (Wildman–Crippen MR) is 63.2 cm³/mol. The normalized spacial score (nSPS) is 9.76. The van der Waals surface area contributed by atoms with Gasteiger partial charge in [0.15, 0.2) is 0 Å². The average molecular weight is 237 g/mol. The van der Waals surface area contributed by atoms with Crippen molar-refractivity contribution in [2.24, 2.45) is 0 Å². The Morgan fingerprint density at radius 1 is 1.29 bits per heavy atom. The minimum Gasteiger partial charge on any atom is -0.481 e. The first-order valence-corrected chi connectivity index (χ1v) is 5.18. The Kier molecular flexibility index (Phi) is 4.51. The Balaban J connectivity index is 2.85. The molecule has 5 nitrogen and oxygen atoms in total. The van der Waals surface area contributed by atoms with Crippen LogP contribution in [0.3, 0.4) is 0 Å². The zero-order valence-electron chi connectivity index (χ0n) is 9.84. The lowest BCUT2D eigenvalue weighted by atomic mass is 10.2. The van der Waals surface area contributed by atoms with Gasteiger partial charge in [0.2, 0.25) is 0 Å². The molecule has 5 heteroatoms. The molecular weight excluding hydrogens is 222 g/mol. The molecular formula is C12H15NO4. The van der Waals surface area contributed by atoms with Gasteiger partial charge in [-0.1, -0.05) is 17.7 Å². The lowest BCUT2D eigenvalue weighted by molar-refractivity contribution is -0.136. The van der Waals surface area contributed by atoms with Crippen molar-refractivity contribution >= 4 is 17.7 Å². The molecule has 0 aliphatic carbocycles. The van der Waals surface area contributed by atoms with Gasteiger partial charge in [-0.3, -0.25) is 9.69 Å². The molecule has 0 aromatic heterocycles. The Bertz CT molecular complexity index is 399. The number of nitrogens with zero attached hydrogens (tertiary/aromatic N) is 1. The summed E-state index contributed by atoms with van der Waals surface area (Å²) in [4.78, 5) is 23.3. The van der Waals surface area contributed by atoms with Gasteiger partial charge in [0.05, 0.1) is 13.5 Å². The molecule has 0 aliphatic rings. The molecule has 0 atom stereocenters. The smallest absolute Gasteiger partial charge is 0.414 e. The van der Waals surface area contributed by atoms with Gasteiger partial charge in [-0.15, -0.1) is 0 Å². The molecule has 0 heterocycles. The van der Waals surface area contributed by atoms with Crippen molar-refractivity contribution in [3.63, 3.8) is 0 Å². The van der Waals surface area contributed by atoms with Gasteiger partial charge >= 0.3 is 12.1 Å². The molecule has 0 unspecified atom stereocenters. The number of methoxy groups -OCH3 is 1. The quantitative estimate of drug-likeness (QED) is 0.870. The van der Waals surface area contributed by atoms with E-state index in [1.54, 1.807) is 12.1 Å². The second kappa shape index (κ2) is 5.89. The van der Waals surface area contributed by atoms with Gasteiger partial charge in [0.25, 0.3) is 0 Å². The number of amides is 1. The van der Waals surface area contributed by atoms with Crippen LogP contribution in [0.4, 0.5) is 10.5 Å². The Morgan fingerprint density at radius 2 is 1.88 bits per heavy atom. The fourth-order valence-corrected chi connectivity index (χ4v) is 1.37. The van der Waals surface area contributed by atoms with Crippen molar-refractivity contribution in [1.82, 2.24) is 0 Å². The van der Waals surface area contributed by atoms with E-state index in [1.807, 2.05) is 19.1 Å². The minimum absolute atomic E-state index is 0.0884. The van der Waals surface area contributed by atoms with Crippen LogP contribution in [0, 0.1) is 6.92 Å². The maximum absolute atomic E-state index is 11.5. The first kappa shape index (κ1) is 13.0. The van der Waals surface area contributed by atoms with Crippen LogP contribution < -0.4 is 4.90 Å². The molecule has 1 rings (SSSR count). The minimum atomic E-state index is -0.953. The van der Waals surface area contributed by atoms with Gasteiger partial charge < -0.3 is 9.84 Å². The van der Waals surface area contributed by atoms with E-state index in [0.29, 0.717) is 5.69 Å². The van der Waals surface area contributed by atoms with Gasteiger partial charge in [-0.2, -0.15) is 0 Å². The van der Waals surface area contributed by atoms with Crippen LogP contribution in [-0.2, 0) is 9.53 Å². The predicted octanol–water partition coefficient (Wildman–Crippen LogP) is 2.04. The summed E-state index contributed by atoms with van der Waals surface area (Å²) >= 11 is 0. The van der Waals surface area contributed by atoms with Crippen molar-refractivity contribution in [2.45, 2.75) is 13.3 Å². The summed E-state index contributed by atoms with van der Waals surface area (Å²) in [5.41, 5.74) is 1.69. The molecule has 0 fully saturated rings. The van der Waals surface area contributed by atoms with E-state index < -0.39 is 12.1 Å². The van der Waals surface area contributed by atoms with Crippen LogP contribution in [0.25, 0.3) is 0 Å². The lowest BCUT2D eigenvalue weighted by Gasteiger charge is -2.20. The molecule has 0 spiro atoms. The van der Waals surface area contributed by atoms with E-state index in [4.69, 9.17) is 5.11 Å². The molecule has 17 heavy (non-hydrogen) atoms. The number of carbonyl (C=O) groups excluding carboxylic acids is 1. The lowest BCUT2D eigenvalue weighted by Crippen LogP contribution is -2.32. The fourth-order valence-electron chi connectivity index (χ4n) is 1.37. The number of aryl methyl sites for hydroxylation is 1. The van der Waals surface area contributed by atoms with Crippen molar-refractivity contribution in [2.75, 3.05) is 18.6 Å². The number of hydrogen-bond donors (Lipinski definition) is 1. The summed E-state index contributed by atoms with van der Waals surface area (Å²) in [6.07, 6.45) is -0.682. The van der Waals surface area contributed by atoms with E-state index in [-0.39, 0.29) is 13.0 Å². The summed E-state index contributed by atoms with van der Waals surface area (Å²) in [6.45, 7) is 2.02. The van der Waals surface area contributed by atoms with Gasteiger partial charge in [0, 0.05) is 12.2 Å². The van der Waals surface area contributed by atoms with Crippen molar-refractivity contribution in [1.29, 1.82) is 0 Å². The zero-order valence-corrected chi connectivity index (χ0v) is 9.84. The van der Waals surface area contributed by atoms with Crippen LogP contribution in [0.5, 0.6) is 0 Å². The number of aliphatic carboxylic acids is 1. The summed E-state index contributed by atoms with van der Waals surface area (Å²) in [7, 11) is 1.27. The monoisotopic (exact) mass is 237 g/mol. The molecule has 0 saturated carbocycles. The van der Waals surface area contributed by atoms with Crippen LogP contribution in [-0.4, -0.2) is 30.8 Å². The second-order valence-electron chi connectivity index (χ2n) is 3.60. The van der Waals surface area contributed by atoms with Crippen molar-refractivity contribution < 1.29 is 19.4 Å². The number of hydrogen-bond acceptors (Lipinski definition) is 3. The van der Waals surface area contributed by atoms with Crippen LogP contribution in [0.2, 0.25) is 0 Å². The molecule has 0 aliphatic heterocycles. The average Bonchev–Trinajstić information content (AvgIpc) is 2.30. The largest absolute Gasteiger partial charge is 0.481 e. The number of anilines is 1. The number of carbonyl (C=O) groups is 2. The molecule has 1 N–H and O–H groups in total. The molecule has 1 aromatic rings. The number of benzene rings is 1. The van der Waals surface area contributed by atoms with Crippen molar-refractivity contribution in [3.8, 4) is 0 Å².